The molecule has 2 aromatic rings. The Hall–Kier alpha value is -1.91. The zero-order valence-electron chi connectivity index (χ0n) is 9.27. The number of hydrogen-bond acceptors (Lipinski definition) is 3. The van der Waals surface area contributed by atoms with Crippen molar-refractivity contribution in [2.24, 2.45) is 5.73 Å². The van der Waals surface area contributed by atoms with Crippen LogP contribution in [0.3, 0.4) is 0 Å². The first-order valence-corrected chi connectivity index (χ1v) is 5.39. The molecule has 16 heavy (non-hydrogen) atoms. The fourth-order valence-corrected chi connectivity index (χ4v) is 1.64. The molecule has 0 atom stereocenters. The van der Waals surface area contributed by atoms with Gasteiger partial charge in [0.2, 0.25) is 0 Å². The second-order valence-electron chi connectivity index (χ2n) is 3.75. The highest BCUT2D eigenvalue weighted by Crippen LogP contribution is 2.11. The van der Waals surface area contributed by atoms with Crippen LogP contribution in [0, 0.1) is 5.41 Å². The van der Waals surface area contributed by atoms with Crippen LogP contribution in [0.1, 0.15) is 31.2 Å². The Morgan fingerprint density at radius 1 is 1.56 bits per heavy atom. The van der Waals surface area contributed by atoms with Crippen LogP contribution >= 0.6 is 0 Å². The molecule has 0 fully saturated rings. The van der Waals surface area contributed by atoms with Crippen molar-refractivity contribution in [2.45, 2.75) is 26.2 Å². The molecule has 0 aliphatic carbocycles. The number of nitrogens with zero attached hydrogens (tertiary/aromatic N) is 3. The van der Waals surface area contributed by atoms with E-state index in [9.17, 15) is 0 Å². The number of aromatic nitrogens is 3. The third kappa shape index (κ3) is 1.88. The van der Waals surface area contributed by atoms with E-state index in [1.807, 2.05) is 10.6 Å². The molecule has 84 valence electrons. The lowest BCUT2D eigenvalue weighted by atomic mass is 10.2. The highest BCUT2D eigenvalue weighted by Gasteiger charge is 2.08. The van der Waals surface area contributed by atoms with Crippen LogP contribution in [0.2, 0.25) is 0 Å². The van der Waals surface area contributed by atoms with E-state index in [4.69, 9.17) is 11.1 Å². The van der Waals surface area contributed by atoms with Crippen molar-refractivity contribution < 1.29 is 0 Å². The zero-order chi connectivity index (χ0) is 11.5. The van der Waals surface area contributed by atoms with Gasteiger partial charge in [-0.2, -0.15) is 0 Å². The summed E-state index contributed by atoms with van der Waals surface area (Å²) in [4.78, 5) is 8.64. The maximum absolute atomic E-state index is 7.42. The lowest BCUT2D eigenvalue weighted by Crippen LogP contribution is -2.15. The van der Waals surface area contributed by atoms with Crippen LogP contribution in [-0.4, -0.2) is 20.2 Å². The van der Waals surface area contributed by atoms with Gasteiger partial charge in [0.15, 0.2) is 5.65 Å². The molecule has 2 rings (SSSR count). The normalized spacial score (nSPS) is 10.8. The number of nitrogens with one attached hydrogen (secondary N) is 1. The Bertz CT molecular complexity index is 514. The summed E-state index contributed by atoms with van der Waals surface area (Å²) in [5.74, 6) is -0.00616. The Balaban J connectivity index is 2.50. The molecule has 0 bridgehead atoms. The molecule has 0 radical (unpaired) electrons. The van der Waals surface area contributed by atoms with E-state index in [1.165, 1.54) is 0 Å². The first kappa shape index (κ1) is 10.6. The van der Waals surface area contributed by atoms with Gasteiger partial charge in [-0.3, -0.25) is 5.41 Å². The van der Waals surface area contributed by atoms with Gasteiger partial charge in [0.25, 0.3) is 0 Å². The van der Waals surface area contributed by atoms with E-state index in [0.717, 1.165) is 30.6 Å². The molecule has 0 spiro atoms. The minimum atomic E-state index is -0.00616. The Labute approximate surface area is 93.8 Å². The van der Waals surface area contributed by atoms with E-state index in [0.29, 0.717) is 5.69 Å². The predicted molar refractivity (Wildman–Crippen MR) is 62.6 cm³/mol. The number of rotatable bonds is 4. The third-order valence-electron chi connectivity index (χ3n) is 2.49. The van der Waals surface area contributed by atoms with Crippen LogP contribution in [0.15, 0.2) is 18.6 Å². The van der Waals surface area contributed by atoms with Crippen molar-refractivity contribution in [3.8, 4) is 0 Å². The molecule has 2 aromatic heterocycles. The lowest BCUT2D eigenvalue weighted by Gasteiger charge is -2.05. The van der Waals surface area contributed by atoms with E-state index in [-0.39, 0.29) is 5.84 Å². The minimum absolute atomic E-state index is 0.00616. The number of nitrogens with two attached hydrogens (primary N) is 1. The monoisotopic (exact) mass is 217 g/mol. The van der Waals surface area contributed by atoms with Gasteiger partial charge in [-0.1, -0.05) is 13.3 Å². The van der Waals surface area contributed by atoms with Gasteiger partial charge in [-0.25, -0.2) is 9.97 Å². The molecule has 0 saturated heterocycles. The van der Waals surface area contributed by atoms with Crippen molar-refractivity contribution in [2.75, 3.05) is 0 Å². The molecule has 5 heteroatoms. The van der Waals surface area contributed by atoms with Gasteiger partial charge in [0, 0.05) is 18.6 Å². The van der Waals surface area contributed by atoms with Crippen LogP contribution < -0.4 is 5.73 Å². The topological polar surface area (TPSA) is 80.1 Å². The van der Waals surface area contributed by atoms with Gasteiger partial charge < -0.3 is 10.1 Å². The molecule has 0 unspecified atom stereocenters. The second-order valence-corrected chi connectivity index (χ2v) is 3.75. The first-order valence-electron chi connectivity index (χ1n) is 5.39. The van der Waals surface area contributed by atoms with E-state index in [2.05, 4.69) is 16.9 Å². The largest absolute Gasteiger partial charge is 0.382 e. The van der Waals surface area contributed by atoms with Crippen molar-refractivity contribution in [3.05, 3.63) is 30.0 Å². The van der Waals surface area contributed by atoms with E-state index >= 15 is 0 Å². The standard InChI is InChI=1S/C11H15N5/c1-2-3-4-8-11-14-5-6-16(11)7-9(15-8)10(12)13/h5-7H,2-4H2,1H3,(H3,12,13). The first-order chi connectivity index (χ1) is 7.72. The minimum Gasteiger partial charge on any atom is -0.382 e. The number of hydrogen-bond donors (Lipinski definition) is 2. The van der Waals surface area contributed by atoms with Gasteiger partial charge in [0.1, 0.15) is 11.5 Å². The summed E-state index contributed by atoms with van der Waals surface area (Å²) in [5.41, 5.74) is 7.74. The highest BCUT2D eigenvalue weighted by molar-refractivity contribution is 5.93. The Kier molecular flexibility index (Phi) is 2.85. The van der Waals surface area contributed by atoms with Gasteiger partial charge in [-0.05, 0) is 12.8 Å². The summed E-state index contributed by atoms with van der Waals surface area (Å²) < 4.78 is 1.87. The van der Waals surface area contributed by atoms with Crippen molar-refractivity contribution in [1.29, 1.82) is 5.41 Å². The number of fused-ring (bicyclic) bond motifs is 1. The summed E-state index contributed by atoms with van der Waals surface area (Å²) >= 11 is 0. The summed E-state index contributed by atoms with van der Waals surface area (Å²) in [5, 5.41) is 7.42. The lowest BCUT2D eigenvalue weighted by molar-refractivity contribution is 0.774. The molecule has 0 saturated carbocycles. The van der Waals surface area contributed by atoms with Crippen molar-refractivity contribution >= 4 is 11.5 Å². The molecular formula is C11H15N5. The quantitative estimate of drug-likeness (QED) is 0.599. The number of imidazole rings is 1. The summed E-state index contributed by atoms with van der Waals surface area (Å²) in [6.07, 6.45) is 8.36. The van der Waals surface area contributed by atoms with Gasteiger partial charge >= 0.3 is 0 Å². The molecule has 0 aliphatic rings. The molecule has 3 N–H and O–H groups in total. The third-order valence-corrected chi connectivity index (χ3v) is 2.49. The number of aryl methyl sites for hydroxylation is 1. The summed E-state index contributed by atoms with van der Waals surface area (Å²) in [6.45, 7) is 2.14. The van der Waals surface area contributed by atoms with Crippen LogP contribution in [0.5, 0.6) is 0 Å². The molecule has 0 aliphatic heterocycles. The Morgan fingerprint density at radius 3 is 3.06 bits per heavy atom. The average Bonchev–Trinajstić information content (AvgIpc) is 2.73. The maximum atomic E-state index is 7.42. The highest BCUT2D eigenvalue weighted by atomic mass is 15.0. The van der Waals surface area contributed by atoms with Gasteiger partial charge in [-0.15, -0.1) is 0 Å². The molecular weight excluding hydrogens is 202 g/mol. The smallest absolute Gasteiger partial charge is 0.158 e. The van der Waals surface area contributed by atoms with E-state index in [1.54, 1.807) is 12.4 Å². The average molecular weight is 217 g/mol. The number of amidine groups is 1. The van der Waals surface area contributed by atoms with Crippen LogP contribution in [0.25, 0.3) is 5.65 Å². The molecule has 0 amide bonds. The fourth-order valence-electron chi connectivity index (χ4n) is 1.64. The molecule has 0 aromatic carbocycles. The van der Waals surface area contributed by atoms with Crippen LogP contribution in [0.4, 0.5) is 0 Å². The van der Waals surface area contributed by atoms with Crippen molar-refractivity contribution in [3.63, 3.8) is 0 Å². The summed E-state index contributed by atoms with van der Waals surface area (Å²) in [6, 6.07) is 0. The zero-order valence-corrected chi connectivity index (χ0v) is 9.27. The fraction of sp³-hybridized carbons (Fsp3) is 0.364. The SMILES string of the molecule is CCCCc1nc(C(=N)N)cn2ccnc12. The van der Waals surface area contributed by atoms with Crippen LogP contribution in [-0.2, 0) is 6.42 Å². The van der Waals surface area contributed by atoms with Gasteiger partial charge in [0.05, 0.1) is 5.69 Å². The molecule has 2 heterocycles. The maximum Gasteiger partial charge on any atom is 0.158 e. The summed E-state index contributed by atoms with van der Waals surface area (Å²) in [7, 11) is 0. The molecule has 5 nitrogen and oxygen atoms in total. The van der Waals surface area contributed by atoms with E-state index < -0.39 is 0 Å². The Morgan fingerprint density at radius 2 is 2.38 bits per heavy atom. The predicted octanol–water partition coefficient (Wildman–Crippen LogP) is 1.36. The number of nitrogen functional groups attached to an aromatic ring is 1. The van der Waals surface area contributed by atoms with Crippen molar-refractivity contribution in [1.82, 2.24) is 14.4 Å². The number of unbranched alkanes of at least 4 members (excludes halogenated alkanes) is 1. The second kappa shape index (κ2) is 4.30.